The maximum atomic E-state index is 12.7. The second-order valence-corrected chi connectivity index (χ2v) is 7.06. The minimum atomic E-state index is -1.32. The minimum absolute atomic E-state index is 0.00981. The number of carbonyl (C=O) groups excluding carboxylic acids is 3. The molecule has 3 atom stereocenters. The van der Waals surface area contributed by atoms with Crippen LogP contribution in [-0.2, 0) is 25.7 Å². The highest BCUT2D eigenvalue weighted by Gasteiger charge is 2.30. The molecular formula is C24H28N2O6. The van der Waals surface area contributed by atoms with E-state index in [-0.39, 0.29) is 13.0 Å². The highest BCUT2D eigenvalue weighted by Crippen LogP contribution is 2.06. The van der Waals surface area contributed by atoms with E-state index in [1.807, 2.05) is 54.6 Å². The standard InChI is InChI=1S/C24H28N2O6/c1-17(27)21(26-24(30)32-16-19-12-7-4-8-13-19)22(28)25-20(23(29)31-2)15-9-14-18-10-5-3-6-11-18/h3-14,17,20-21,27H,15-16H2,1-2H3,(H,25,28)(H,26,30)/b14-9+/t17-,20-,21+/m1/s1. The van der Waals surface area contributed by atoms with Crippen molar-refractivity contribution in [1.29, 1.82) is 0 Å². The summed E-state index contributed by atoms with van der Waals surface area (Å²) in [4.78, 5) is 36.9. The molecule has 0 radical (unpaired) electrons. The Hall–Kier alpha value is -3.65. The minimum Gasteiger partial charge on any atom is -0.467 e. The molecule has 32 heavy (non-hydrogen) atoms. The fourth-order valence-corrected chi connectivity index (χ4v) is 2.82. The zero-order valence-corrected chi connectivity index (χ0v) is 18.1. The average molecular weight is 440 g/mol. The summed E-state index contributed by atoms with van der Waals surface area (Å²) in [6.45, 7) is 1.36. The van der Waals surface area contributed by atoms with Gasteiger partial charge in [0.25, 0.3) is 0 Å². The van der Waals surface area contributed by atoms with Crippen LogP contribution in [0.3, 0.4) is 0 Å². The summed E-state index contributed by atoms with van der Waals surface area (Å²) in [7, 11) is 1.22. The summed E-state index contributed by atoms with van der Waals surface area (Å²) in [6, 6.07) is 16.2. The van der Waals surface area contributed by atoms with Crippen molar-refractivity contribution in [2.45, 2.75) is 38.1 Å². The summed E-state index contributed by atoms with van der Waals surface area (Å²) in [5.41, 5.74) is 1.71. The van der Waals surface area contributed by atoms with E-state index in [0.717, 1.165) is 11.1 Å². The van der Waals surface area contributed by atoms with Crippen molar-refractivity contribution in [1.82, 2.24) is 10.6 Å². The first-order valence-electron chi connectivity index (χ1n) is 10.2. The van der Waals surface area contributed by atoms with Gasteiger partial charge < -0.3 is 25.2 Å². The van der Waals surface area contributed by atoms with Crippen LogP contribution in [-0.4, -0.2) is 48.4 Å². The first kappa shape index (κ1) is 24.6. The van der Waals surface area contributed by atoms with Gasteiger partial charge >= 0.3 is 12.1 Å². The Morgan fingerprint density at radius 1 is 1.00 bits per heavy atom. The molecular weight excluding hydrogens is 412 g/mol. The quantitative estimate of drug-likeness (QED) is 0.489. The van der Waals surface area contributed by atoms with Crippen LogP contribution in [0.25, 0.3) is 6.08 Å². The van der Waals surface area contributed by atoms with E-state index >= 15 is 0 Å². The van der Waals surface area contributed by atoms with Gasteiger partial charge in [0.1, 0.15) is 18.7 Å². The highest BCUT2D eigenvalue weighted by molar-refractivity contribution is 5.90. The molecule has 8 heteroatoms. The van der Waals surface area contributed by atoms with Crippen LogP contribution < -0.4 is 10.6 Å². The Morgan fingerprint density at radius 3 is 2.22 bits per heavy atom. The van der Waals surface area contributed by atoms with Crippen molar-refractivity contribution in [3.8, 4) is 0 Å². The molecule has 0 fully saturated rings. The van der Waals surface area contributed by atoms with Gasteiger partial charge in [-0.15, -0.1) is 0 Å². The number of amides is 2. The molecule has 0 aliphatic rings. The van der Waals surface area contributed by atoms with Crippen LogP contribution in [0.2, 0.25) is 0 Å². The van der Waals surface area contributed by atoms with Crippen LogP contribution in [0.4, 0.5) is 4.79 Å². The van der Waals surface area contributed by atoms with Crippen molar-refractivity contribution in [2.75, 3.05) is 7.11 Å². The first-order chi connectivity index (χ1) is 15.4. The summed E-state index contributed by atoms with van der Waals surface area (Å²) in [6.07, 6.45) is 1.62. The lowest BCUT2D eigenvalue weighted by Crippen LogP contribution is -2.55. The van der Waals surface area contributed by atoms with Gasteiger partial charge in [0.05, 0.1) is 13.2 Å². The second-order valence-electron chi connectivity index (χ2n) is 7.06. The molecule has 2 aromatic rings. The Morgan fingerprint density at radius 2 is 1.62 bits per heavy atom. The summed E-state index contributed by atoms with van der Waals surface area (Å²) >= 11 is 0. The molecule has 2 rings (SSSR count). The van der Waals surface area contributed by atoms with Crippen molar-refractivity contribution in [2.24, 2.45) is 0 Å². The molecule has 0 saturated carbocycles. The number of alkyl carbamates (subject to hydrolysis) is 1. The average Bonchev–Trinajstić information content (AvgIpc) is 2.81. The van der Waals surface area contributed by atoms with Gasteiger partial charge in [-0.3, -0.25) is 4.79 Å². The number of hydrogen-bond donors (Lipinski definition) is 3. The fourth-order valence-electron chi connectivity index (χ4n) is 2.82. The predicted molar refractivity (Wildman–Crippen MR) is 119 cm³/mol. The molecule has 0 aromatic heterocycles. The number of benzene rings is 2. The fraction of sp³-hybridized carbons (Fsp3) is 0.292. The topological polar surface area (TPSA) is 114 Å². The number of aliphatic hydroxyl groups excluding tert-OH is 1. The Labute approximate surface area is 187 Å². The zero-order valence-electron chi connectivity index (χ0n) is 18.1. The lowest BCUT2D eigenvalue weighted by atomic mass is 10.1. The lowest BCUT2D eigenvalue weighted by molar-refractivity contribution is -0.145. The molecule has 3 N–H and O–H groups in total. The summed E-state index contributed by atoms with van der Waals surface area (Å²) in [5.74, 6) is -1.38. The number of rotatable bonds is 10. The third-order valence-corrected chi connectivity index (χ3v) is 4.53. The van der Waals surface area contributed by atoms with Crippen LogP contribution in [0.1, 0.15) is 24.5 Å². The van der Waals surface area contributed by atoms with Crippen molar-refractivity contribution < 1.29 is 29.0 Å². The maximum Gasteiger partial charge on any atom is 0.408 e. The molecule has 0 unspecified atom stereocenters. The van der Waals surface area contributed by atoms with Gasteiger partial charge in [-0.1, -0.05) is 72.8 Å². The van der Waals surface area contributed by atoms with Crippen LogP contribution >= 0.6 is 0 Å². The van der Waals surface area contributed by atoms with E-state index < -0.39 is 36.2 Å². The number of aliphatic hydroxyl groups is 1. The molecule has 0 aliphatic heterocycles. The molecule has 0 saturated heterocycles. The van der Waals surface area contributed by atoms with Crippen molar-refractivity contribution >= 4 is 24.0 Å². The van der Waals surface area contributed by atoms with Gasteiger partial charge in [-0.25, -0.2) is 9.59 Å². The van der Waals surface area contributed by atoms with Gasteiger partial charge in [0, 0.05) is 0 Å². The molecule has 2 amide bonds. The third-order valence-electron chi connectivity index (χ3n) is 4.53. The van der Waals surface area contributed by atoms with Crippen molar-refractivity contribution in [3.63, 3.8) is 0 Å². The Bertz CT molecular complexity index is 899. The molecule has 170 valence electrons. The predicted octanol–water partition coefficient (Wildman–Crippen LogP) is 2.42. The number of esters is 1. The maximum absolute atomic E-state index is 12.7. The van der Waals surface area contributed by atoms with Crippen LogP contribution in [0.5, 0.6) is 0 Å². The van der Waals surface area contributed by atoms with Gasteiger partial charge in [-0.2, -0.15) is 0 Å². The van der Waals surface area contributed by atoms with E-state index in [4.69, 9.17) is 9.47 Å². The summed E-state index contributed by atoms with van der Waals surface area (Å²) < 4.78 is 9.87. The number of carbonyl (C=O) groups is 3. The number of nitrogens with one attached hydrogen (secondary N) is 2. The molecule has 0 heterocycles. The van der Waals surface area contributed by atoms with E-state index in [2.05, 4.69) is 10.6 Å². The van der Waals surface area contributed by atoms with E-state index in [0.29, 0.717) is 0 Å². The third kappa shape index (κ3) is 8.23. The van der Waals surface area contributed by atoms with Crippen LogP contribution in [0, 0.1) is 0 Å². The Kier molecular flexibility index (Phi) is 9.93. The molecule has 2 aromatic carbocycles. The van der Waals surface area contributed by atoms with E-state index in [1.54, 1.807) is 18.2 Å². The molecule has 0 bridgehead atoms. The van der Waals surface area contributed by atoms with Gasteiger partial charge in [0.2, 0.25) is 5.91 Å². The van der Waals surface area contributed by atoms with Crippen LogP contribution in [0.15, 0.2) is 66.7 Å². The Balaban J connectivity index is 1.96. The normalized spacial score (nSPS) is 13.6. The first-order valence-corrected chi connectivity index (χ1v) is 10.2. The SMILES string of the molecule is COC(=O)[C@@H](C/C=C/c1ccccc1)NC(=O)[C@@H](NC(=O)OCc1ccccc1)[C@@H](C)O. The number of ether oxygens (including phenoxy) is 2. The lowest BCUT2D eigenvalue weighted by Gasteiger charge is -2.23. The second kappa shape index (κ2) is 12.9. The van der Waals surface area contributed by atoms with Crippen molar-refractivity contribution in [3.05, 3.63) is 77.9 Å². The number of methoxy groups -OCH3 is 1. The van der Waals surface area contributed by atoms with Gasteiger partial charge in [0.15, 0.2) is 0 Å². The van der Waals surface area contributed by atoms with E-state index in [1.165, 1.54) is 14.0 Å². The van der Waals surface area contributed by atoms with E-state index in [9.17, 15) is 19.5 Å². The zero-order chi connectivity index (χ0) is 23.3. The summed E-state index contributed by atoms with van der Waals surface area (Å²) in [5, 5.41) is 14.8. The van der Waals surface area contributed by atoms with Gasteiger partial charge in [-0.05, 0) is 24.5 Å². The molecule has 0 spiro atoms. The smallest absolute Gasteiger partial charge is 0.408 e. The highest BCUT2D eigenvalue weighted by atomic mass is 16.5. The molecule has 8 nitrogen and oxygen atoms in total. The number of hydrogen-bond acceptors (Lipinski definition) is 6. The molecule has 0 aliphatic carbocycles. The monoisotopic (exact) mass is 440 g/mol. The largest absolute Gasteiger partial charge is 0.467 e.